The van der Waals surface area contributed by atoms with Crippen LogP contribution in [0.1, 0.15) is 12.5 Å². The summed E-state index contributed by atoms with van der Waals surface area (Å²) in [7, 11) is 4.04. The maximum Gasteiger partial charge on any atom is 0.213 e. The summed E-state index contributed by atoms with van der Waals surface area (Å²) in [6.45, 7) is 1.97. The van der Waals surface area contributed by atoms with E-state index in [-0.39, 0.29) is 0 Å². The van der Waals surface area contributed by atoms with Gasteiger partial charge < -0.3 is 13.7 Å². The van der Waals surface area contributed by atoms with Crippen LogP contribution >= 0.6 is 0 Å². The molecular formula is C44H32N6O2. The minimum absolute atomic E-state index is 0.585. The lowest BCUT2D eigenvalue weighted by molar-refractivity contribution is 0.622. The Morgan fingerprint density at radius 1 is 0.615 bits per heavy atom. The Morgan fingerprint density at radius 2 is 1.13 bits per heavy atom. The van der Waals surface area contributed by atoms with Gasteiger partial charge >= 0.3 is 0 Å². The third kappa shape index (κ3) is 4.24. The number of amidine groups is 1. The van der Waals surface area contributed by atoms with Crippen molar-refractivity contribution in [3.63, 3.8) is 0 Å². The van der Waals surface area contributed by atoms with Gasteiger partial charge in [-0.1, -0.05) is 78.9 Å². The Hall–Kier alpha value is -6.93. The zero-order valence-electron chi connectivity index (χ0n) is 28.8. The molecule has 0 saturated carbocycles. The Morgan fingerprint density at radius 3 is 1.69 bits per heavy atom. The summed E-state index contributed by atoms with van der Waals surface area (Å²) in [6, 6.07) is 39.5. The summed E-state index contributed by atoms with van der Waals surface area (Å²) in [5, 5.41) is 6.37. The minimum atomic E-state index is 0.585. The highest BCUT2D eigenvalue weighted by atomic mass is 16.3. The molecule has 10 aromatic rings. The number of furan rings is 2. The molecule has 0 N–H and O–H groups in total. The number of allylic oxidation sites excluding steroid dienone is 1. The quantitative estimate of drug-likeness (QED) is 0.134. The van der Waals surface area contributed by atoms with Crippen LogP contribution in [0.15, 0.2) is 154 Å². The van der Waals surface area contributed by atoms with Crippen LogP contribution in [0.2, 0.25) is 0 Å². The normalized spacial score (nSPS) is 12.6. The smallest absolute Gasteiger partial charge is 0.213 e. The van der Waals surface area contributed by atoms with Gasteiger partial charge in [0.25, 0.3) is 0 Å². The summed E-state index contributed by atoms with van der Waals surface area (Å²) in [5.74, 6) is 1.36. The van der Waals surface area contributed by atoms with Crippen molar-refractivity contribution in [2.45, 2.75) is 6.92 Å². The number of fused-ring (bicyclic) bond motifs is 10. The van der Waals surface area contributed by atoms with Crippen LogP contribution in [0.5, 0.6) is 0 Å². The molecule has 5 heterocycles. The van der Waals surface area contributed by atoms with Crippen LogP contribution in [-0.4, -0.2) is 43.9 Å². The topological polar surface area (TPSA) is 77.5 Å². The third-order valence-corrected chi connectivity index (χ3v) is 9.80. The van der Waals surface area contributed by atoms with Gasteiger partial charge in [0.05, 0.1) is 33.2 Å². The molecular weight excluding hydrogens is 645 g/mol. The van der Waals surface area contributed by atoms with E-state index in [1.807, 2.05) is 68.5 Å². The monoisotopic (exact) mass is 676 g/mol. The number of nitrogens with zero attached hydrogens (tertiary/aromatic N) is 6. The average molecular weight is 677 g/mol. The standard InChI is InChI=1S/C44H32N6O2/c1-4-24-47-42(48(2)3)32-23-22-31(41-45-25-13-26-46-41)39(49-33-18-9-5-14-27(33)37-29-16-7-11-20-35(29)51-43(37)49)40(32)50-34-19-10-6-15-28(34)38-30-17-8-12-21-36(30)52-44(38)50/h4-26H,1-3H3/b24-4-,47-42?. The van der Waals surface area contributed by atoms with Crippen molar-refractivity contribution in [3.8, 4) is 22.8 Å². The molecule has 5 aromatic heterocycles. The first-order chi connectivity index (χ1) is 25.6. The molecule has 0 atom stereocenters. The van der Waals surface area contributed by atoms with Crippen molar-refractivity contribution in [2.75, 3.05) is 14.1 Å². The summed E-state index contributed by atoms with van der Waals surface area (Å²) in [6.07, 6.45) is 7.34. The van der Waals surface area contributed by atoms with Crippen LogP contribution in [-0.2, 0) is 0 Å². The van der Waals surface area contributed by atoms with E-state index < -0.39 is 0 Å². The van der Waals surface area contributed by atoms with E-state index in [9.17, 15) is 0 Å². The number of para-hydroxylation sites is 4. The van der Waals surface area contributed by atoms with E-state index in [1.54, 1.807) is 12.4 Å². The van der Waals surface area contributed by atoms with Gasteiger partial charge in [0.1, 0.15) is 17.0 Å². The van der Waals surface area contributed by atoms with Gasteiger partial charge in [0, 0.05) is 65.4 Å². The molecule has 0 fully saturated rings. The third-order valence-electron chi connectivity index (χ3n) is 9.80. The number of hydrogen-bond donors (Lipinski definition) is 0. The minimum Gasteiger partial charge on any atom is -0.439 e. The molecule has 10 rings (SSSR count). The molecule has 0 aliphatic carbocycles. The van der Waals surface area contributed by atoms with Gasteiger partial charge in [0.2, 0.25) is 11.4 Å². The fourth-order valence-electron chi connectivity index (χ4n) is 7.73. The molecule has 0 radical (unpaired) electrons. The second-order valence-corrected chi connectivity index (χ2v) is 13.0. The molecule has 8 nitrogen and oxygen atoms in total. The van der Waals surface area contributed by atoms with Crippen molar-refractivity contribution < 1.29 is 8.83 Å². The molecule has 5 aromatic carbocycles. The molecule has 0 bridgehead atoms. The van der Waals surface area contributed by atoms with Gasteiger partial charge in [-0.3, -0.25) is 9.13 Å². The van der Waals surface area contributed by atoms with Gasteiger partial charge in [-0.25, -0.2) is 15.0 Å². The molecule has 8 heteroatoms. The average Bonchev–Trinajstić information content (AvgIpc) is 3.91. The summed E-state index contributed by atoms with van der Waals surface area (Å²) in [4.78, 5) is 16.7. The van der Waals surface area contributed by atoms with Gasteiger partial charge in [0.15, 0.2) is 5.82 Å². The Labute approximate surface area is 298 Å². The lowest BCUT2D eigenvalue weighted by atomic mass is 10.0. The number of aromatic nitrogens is 4. The van der Waals surface area contributed by atoms with Gasteiger partial charge in [-0.2, -0.15) is 0 Å². The largest absolute Gasteiger partial charge is 0.439 e. The highest BCUT2D eigenvalue weighted by molar-refractivity contribution is 6.22. The van der Waals surface area contributed by atoms with E-state index in [1.165, 1.54) is 0 Å². The zero-order valence-corrected chi connectivity index (χ0v) is 28.8. The van der Waals surface area contributed by atoms with E-state index in [4.69, 9.17) is 23.8 Å². The molecule has 0 spiro atoms. The van der Waals surface area contributed by atoms with E-state index in [2.05, 4.69) is 94.1 Å². The lowest BCUT2D eigenvalue weighted by Crippen LogP contribution is -2.25. The number of benzene rings is 5. The Bertz CT molecular complexity index is 3060. The first kappa shape index (κ1) is 29.9. The van der Waals surface area contributed by atoms with E-state index in [0.29, 0.717) is 5.82 Å². The highest BCUT2D eigenvalue weighted by Gasteiger charge is 2.31. The molecule has 0 unspecified atom stereocenters. The lowest BCUT2D eigenvalue weighted by Gasteiger charge is -2.24. The Balaban J connectivity index is 1.50. The Kier molecular flexibility index (Phi) is 6.66. The van der Waals surface area contributed by atoms with Gasteiger partial charge in [-0.05, 0) is 49.4 Å². The van der Waals surface area contributed by atoms with Gasteiger partial charge in [-0.15, -0.1) is 0 Å². The fourth-order valence-corrected chi connectivity index (χ4v) is 7.73. The molecule has 0 amide bonds. The van der Waals surface area contributed by atoms with Crippen LogP contribution < -0.4 is 0 Å². The number of hydrogen-bond acceptors (Lipinski definition) is 5. The predicted octanol–water partition coefficient (Wildman–Crippen LogP) is 10.7. The van der Waals surface area contributed by atoms with Crippen molar-refractivity contribution in [3.05, 3.63) is 145 Å². The first-order valence-electron chi connectivity index (χ1n) is 17.3. The highest BCUT2D eigenvalue weighted by Crippen LogP contribution is 2.46. The van der Waals surface area contributed by atoms with Crippen LogP contribution in [0.3, 0.4) is 0 Å². The summed E-state index contributed by atoms with van der Waals surface area (Å²) >= 11 is 0. The van der Waals surface area contributed by atoms with E-state index in [0.717, 1.165) is 94.3 Å². The SMILES string of the molecule is C/C=C\N=C(c1ccc(-c2ncccn2)c(-n2c3ccccc3c3c4ccccc4oc32)c1-n1c2ccccc2c2c3ccccc3oc21)N(C)C. The fraction of sp³-hybridized carbons (Fsp3) is 0.0682. The summed E-state index contributed by atoms with van der Waals surface area (Å²) in [5.41, 5.74) is 8.50. The molecule has 250 valence electrons. The molecule has 0 aliphatic rings. The van der Waals surface area contributed by atoms with Crippen LogP contribution in [0.4, 0.5) is 0 Å². The van der Waals surface area contributed by atoms with Crippen molar-refractivity contribution >= 4 is 71.8 Å². The molecule has 0 aliphatic heterocycles. The first-order valence-corrected chi connectivity index (χ1v) is 17.3. The van der Waals surface area contributed by atoms with Crippen molar-refractivity contribution in [1.29, 1.82) is 0 Å². The second kappa shape index (κ2) is 11.6. The van der Waals surface area contributed by atoms with Crippen LogP contribution in [0.25, 0.3) is 88.7 Å². The van der Waals surface area contributed by atoms with E-state index >= 15 is 0 Å². The van der Waals surface area contributed by atoms with Crippen molar-refractivity contribution in [2.24, 2.45) is 4.99 Å². The second-order valence-electron chi connectivity index (χ2n) is 13.0. The molecule has 52 heavy (non-hydrogen) atoms. The maximum absolute atomic E-state index is 6.87. The number of aliphatic imine (C=N–C) groups is 1. The number of rotatable bonds is 5. The predicted molar refractivity (Wildman–Crippen MR) is 211 cm³/mol. The van der Waals surface area contributed by atoms with Crippen LogP contribution in [0, 0.1) is 0 Å². The molecule has 0 saturated heterocycles. The zero-order chi connectivity index (χ0) is 34.9. The maximum atomic E-state index is 6.87. The van der Waals surface area contributed by atoms with Crippen molar-refractivity contribution in [1.82, 2.24) is 24.0 Å². The summed E-state index contributed by atoms with van der Waals surface area (Å²) < 4.78 is 18.2.